The molecule has 0 aliphatic carbocycles. The van der Waals surface area contributed by atoms with Gasteiger partial charge in [-0.25, -0.2) is 9.98 Å². The molecule has 0 saturated carbocycles. The molecule has 6 heteroatoms. The number of aliphatic imine (C=N–C) groups is 1. The van der Waals surface area contributed by atoms with E-state index >= 15 is 0 Å². The molecule has 1 aromatic heterocycles. The summed E-state index contributed by atoms with van der Waals surface area (Å²) in [5.74, 6) is -1.16. The molecule has 0 spiro atoms. The van der Waals surface area contributed by atoms with Crippen LogP contribution in [0.2, 0.25) is 0 Å². The Kier molecular flexibility index (Phi) is 4.19. The second kappa shape index (κ2) is 6.24. The van der Waals surface area contributed by atoms with Gasteiger partial charge in [-0.05, 0) is 0 Å². The molecule has 94 valence electrons. The van der Waals surface area contributed by atoms with Crippen LogP contribution in [0, 0.1) is 39.9 Å². The van der Waals surface area contributed by atoms with Crippen molar-refractivity contribution in [2.45, 2.75) is 0 Å². The van der Waals surface area contributed by atoms with Crippen LogP contribution in [0.1, 0.15) is 0 Å². The van der Waals surface area contributed by atoms with Crippen LogP contribution in [0.3, 0.4) is 0 Å². The molecule has 0 bridgehead atoms. The van der Waals surface area contributed by atoms with E-state index in [4.69, 9.17) is 15.8 Å². The Balaban J connectivity index is 2.33. The van der Waals surface area contributed by atoms with Gasteiger partial charge in [-0.1, -0.05) is 30.3 Å². The van der Waals surface area contributed by atoms with E-state index in [-0.39, 0.29) is 5.71 Å². The molecular weight excluding hydrogens is 270 g/mol. The van der Waals surface area contributed by atoms with Crippen LogP contribution in [-0.2, 0) is 0 Å². The van der Waals surface area contributed by atoms with E-state index in [0.29, 0.717) is 5.13 Å². The first kappa shape index (κ1) is 13.4. The summed E-state index contributed by atoms with van der Waals surface area (Å²) in [7, 11) is 0. The summed E-state index contributed by atoms with van der Waals surface area (Å²) < 4.78 is 0. The van der Waals surface area contributed by atoms with Crippen molar-refractivity contribution in [3.8, 4) is 29.5 Å². The molecule has 1 aromatic carbocycles. The van der Waals surface area contributed by atoms with Crippen LogP contribution in [0.4, 0.5) is 5.13 Å². The molecule has 1 heterocycles. The quantitative estimate of drug-likeness (QED) is 0.805. The fourth-order valence-electron chi connectivity index (χ4n) is 1.47. The lowest BCUT2D eigenvalue weighted by Gasteiger charge is -1.95. The molecule has 0 N–H and O–H groups in total. The van der Waals surface area contributed by atoms with Crippen molar-refractivity contribution in [3.05, 3.63) is 35.7 Å². The molecule has 0 saturated heterocycles. The number of hydrogen-bond donors (Lipinski definition) is 0. The Morgan fingerprint density at radius 3 is 2.45 bits per heavy atom. The van der Waals surface area contributed by atoms with Crippen molar-refractivity contribution >= 4 is 22.2 Å². The zero-order valence-corrected chi connectivity index (χ0v) is 11.0. The summed E-state index contributed by atoms with van der Waals surface area (Å²) in [5, 5.41) is 28.6. The van der Waals surface area contributed by atoms with Gasteiger partial charge in [0.1, 0.15) is 6.07 Å². The Labute approximate surface area is 119 Å². The first-order valence-electron chi connectivity index (χ1n) is 5.57. The summed E-state index contributed by atoms with van der Waals surface area (Å²) in [6, 6.07) is 14.8. The monoisotopic (exact) mass is 277 g/mol. The molecule has 0 radical (unpaired) electrons. The number of hydrogen-bond acceptors (Lipinski definition) is 6. The van der Waals surface area contributed by atoms with Crippen molar-refractivity contribution in [1.82, 2.24) is 4.98 Å². The molecule has 0 unspecified atom stereocenters. The Hall–Kier alpha value is -3.01. The third-order valence-electron chi connectivity index (χ3n) is 2.42. The largest absolute Gasteiger partial charge is 0.218 e. The predicted molar refractivity (Wildman–Crippen MR) is 75.0 cm³/mol. The maximum absolute atomic E-state index is 8.94. The van der Waals surface area contributed by atoms with Gasteiger partial charge in [0, 0.05) is 10.9 Å². The zero-order valence-electron chi connectivity index (χ0n) is 10.2. The van der Waals surface area contributed by atoms with Gasteiger partial charge in [0.2, 0.25) is 5.13 Å². The Bertz CT molecular complexity index is 741. The minimum atomic E-state index is -1.16. The number of rotatable bonds is 3. The van der Waals surface area contributed by atoms with Crippen molar-refractivity contribution in [1.29, 1.82) is 15.8 Å². The summed E-state index contributed by atoms with van der Waals surface area (Å²) in [6.45, 7) is 0. The Morgan fingerprint density at radius 2 is 1.85 bits per heavy atom. The van der Waals surface area contributed by atoms with Gasteiger partial charge >= 0.3 is 0 Å². The number of nitriles is 3. The van der Waals surface area contributed by atoms with E-state index in [1.165, 1.54) is 11.3 Å². The maximum Gasteiger partial charge on any atom is 0.210 e. The summed E-state index contributed by atoms with van der Waals surface area (Å²) in [4.78, 5) is 8.26. The van der Waals surface area contributed by atoms with E-state index in [1.807, 2.05) is 35.7 Å². The first-order valence-corrected chi connectivity index (χ1v) is 6.45. The van der Waals surface area contributed by atoms with Gasteiger partial charge in [0.05, 0.1) is 17.8 Å². The van der Waals surface area contributed by atoms with Gasteiger partial charge in [-0.15, -0.1) is 11.3 Å². The fraction of sp³-hybridized carbons (Fsp3) is 0.0714. The third-order valence-corrected chi connectivity index (χ3v) is 3.16. The van der Waals surface area contributed by atoms with Crippen LogP contribution >= 0.6 is 11.3 Å². The predicted octanol–water partition coefficient (Wildman–Crippen LogP) is 3.07. The van der Waals surface area contributed by atoms with Crippen molar-refractivity contribution in [3.63, 3.8) is 0 Å². The van der Waals surface area contributed by atoms with Crippen molar-refractivity contribution in [2.75, 3.05) is 0 Å². The standard InChI is InChI=1S/C14H7N5S/c15-6-11(7-16)12(8-17)18-14-19-13(9-20-14)10-4-2-1-3-5-10/h1-5,9,11H/b18-12+. The molecule has 0 fully saturated rings. The number of nitrogens with zero attached hydrogens (tertiary/aromatic N) is 5. The molecule has 5 nitrogen and oxygen atoms in total. The zero-order chi connectivity index (χ0) is 14.4. The van der Waals surface area contributed by atoms with E-state index in [1.54, 1.807) is 18.2 Å². The third kappa shape index (κ3) is 2.87. The van der Waals surface area contributed by atoms with Crippen molar-refractivity contribution in [2.24, 2.45) is 10.9 Å². The van der Waals surface area contributed by atoms with Gasteiger partial charge in [-0.3, -0.25) is 0 Å². The van der Waals surface area contributed by atoms with Gasteiger partial charge in [-0.2, -0.15) is 15.8 Å². The second-order valence-electron chi connectivity index (χ2n) is 3.68. The summed E-state index contributed by atoms with van der Waals surface area (Å²) in [6.07, 6.45) is 0. The number of benzene rings is 1. The molecule has 0 aliphatic heterocycles. The second-order valence-corrected chi connectivity index (χ2v) is 4.52. The SMILES string of the molecule is N#C/C(=N\c1nc(-c2ccccc2)cs1)C(C#N)C#N. The van der Waals surface area contributed by atoms with Crippen LogP contribution in [0.25, 0.3) is 11.3 Å². The lowest BCUT2D eigenvalue weighted by Crippen LogP contribution is -2.07. The van der Waals surface area contributed by atoms with E-state index < -0.39 is 5.92 Å². The van der Waals surface area contributed by atoms with E-state index in [2.05, 4.69) is 9.98 Å². The van der Waals surface area contributed by atoms with Crippen molar-refractivity contribution < 1.29 is 0 Å². The first-order chi connectivity index (χ1) is 9.78. The van der Waals surface area contributed by atoms with E-state index in [0.717, 1.165) is 11.3 Å². The highest BCUT2D eigenvalue weighted by atomic mass is 32.1. The smallest absolute Gasteiger partial charge is 0.210 e. The number of thiazole rings is 1. The summed E-state index contributed by atoms with van der Waals surface area (Å²) >= 11 is 1.26. The highest BCUT2D eigenvalue weighted by Crippen LogP contribution is 2.26. The molecular formula is C14H7N5S. The maximum atomic E-state index is 8.94. The normalized spacial score (nSPS) is 10.6. The van der Waals surface area contributed by atoms with Gasteiger partial charge in [0.15, 0.2) is 11.6 Å². The van der Waals surface area contributed by atoms with Gasteiger partial charge in [0.25, 0.3) is 0 Å². The highest BCUT2D eigenvalue weighted by Gasteiger charge is 2.15. The minimum absolute atomic E-state index is 0.135. The molecule has 0 aliphatic rings. The van der Waals surface area contributed by atoms with Gasteiger partial charge < -0.3 is 0 Å². The Morgan fingerprint density at radius 1 is 1.15 bits per heavy atom. The molecule has 0 amide bonds. The van der Waals surface area contributed by atoms with Crippen LogP contribution in [-0.4, -0.2) is 10.7 Å². The fourth-order valence-corrected chi connectivity index (χ4v) is 2.17. The lowest BCUT2D eigenvalue weighted by atomic mass is 10.1. The average molecular weight is 277 g/mol. The van der Waals surface area contributed by atoms with Crippen LogP contribution in [0.15, 0.2) is 40.7 Å². The highest BCUT2D eigenvalue weighted by molar-refractivity contribution is 7.13. The average Bonchev–Trinajstić information content (AvgIpc) is 2.97. The van der Waals surface area contributed by atoms with E-state index in [9.17, 15) is 0 Å². The molecule has 0 atom stereocenters. The molecule has 2 rings (SSSR count). The summed E-state index contributed by atoms with van der Waals surface area (Å²) in [5.41, 5.74) is 1.56. The van der Waals surface area contributed by atoms with Crippen LogP contribution < -0.4 is 0 Å². The number of aromatic nitrogens is 1. The van der Waals surface area contributed by atoms with Crippen LogP contribution in [0.5, 0.6) is 0 Å². The molecule has 2 aromatic rings. The molecule has 20 heavy (non-hydrogen) atoms. The lowest BCUT2D eigenvalue weighted by molar-refractivity contribution is 1.15. The minimum Gasteiger partial charge on any atom is -0.218 e. The topological polar surface area (TPSA) is 96.6 Å².